The van der Waals surface area contributed by atoms with Crippen molar-refractivity contribution < 1.29 is 31.5 Å². The van der Waals surface area contributed by atoms with Gasteiger partial charge in [-0.05, 0) is 30.3 Å². The molecule has 0 saturated carbocycles. The van der Waals surface area contributed by atoms with Gasteiger partial charge in [0.2, 0.25) is 5.75 Å². The number of anilines is 1. The number of hydrogen-bond donors (Lipinski definition) is 2. The molecular weight excluding hydrogens is 377 g/mol. The van der Waals surface area contributed by atoms with Crippen LogP contribution in [0, 0.1) is 11.6 Å². The highest BCUT2D eigenvalue weighted by atomic mass is 19.4. The molecule has 6 nitrogen and oxygen atoms in total. The van der Waals surface area contributed by atoms with Crippen molar-refractivity contribution in [3.63, 3.8) is 0 Å². The van der Waals surface area contributed by atoms with Crippen molar-refractivity contribution in [3.8, 4) is 11.5 Å². The van der Waals surface area contributed by atoms with E-state index >= 15 is 0 Å². The van der Waals surface area contributed by atoms with Gasteiger partial charge in [-0.3, -0.25) is 9.59 Å². The van der Waals surface area contributed by atoms with Crippen LogP contribution in [-0.2, 0) is 4.79 Å². The maximum atomic E-state index is 14.3. The second kappa shape index (κ2) is 6.67. The Morgan fingerprint density at radius 1 is 1.15 bits per heavy atom. The van der Waals surface area contributed by atoms with Crippen molar-refractivity contribution in [3.05, 3.63) is 58.6 Å². The van der Waals surface area contributed by atoms with Crippen LogP contribution in [0.3, 0.4) is 0 Å². The number of amides is 1. The van der Waals surface area contributed by atoms with Crippen LogP contribution >= 0.6 is 0 Å². The van der Waals surface area contributed by atoms with Crippen molar-refractivity contribution in [2.24, 2.45) is 0 Å². The van der Waals surface area contributed by atoms with E-state index in [0.717, 1.165) is 12.4 Å². The molecule has 2 aromatic carbocycles. The SMILES string of the molecule is O=C(Nc1ccc(F)c(Oc2ccc3nc[nH]c(=O)c3c2)c1F)C(F)(F)F. The molecule has 1 amide bonds. The molecule has 0 atom stereocenters. The fourth-order valence-corrected chi connectivity index (χ4v) is 2.14. The highest BCUT2D eigenvalue weighted by molar-refractivity contribution is 5.95. The highest BCUT2D eigenvalue weighted by Gasteiger charge is 2.39. The van der Waals surface area contributed by atoms with Gasteiger partial charge in [0.15, 0.2) is 11.6 Å². The first-order valence-electron chi connectivity index (χ1n) is 7.18. The minimum atomic E-state index is -5.26. The lowest BCUT2D eigenvalue weighted by Gasteiger charge is -2.13. The summed E-state index contributed by atoms with van der Waals surface area (Å²) in [4.78, 5) is 28.9. The van der Waals surface area contributed by atoms with Crippen molar-refractivity contribution in [2.75, 3.05) is 5.32 Å². The maximum absolute atomic E-state index is 14.3. The Hall–Kier alpha value is -3.50. The first kappa shape index (κ1) is 18.3. The molecule has 0 aliphatic rings. The summed E-state index contributed by atoms with van der Waals surface area (Å²) in [5.74, 6) is -6.42. The number of ether oxygens (including phenoxy) is 1. The van der Waals surface area contributed by atoms with Gasteiger partial charge in [-0.2, -0.15) is 13.2 Å². The molecule has 2 N–H and O–H groups in total. The first-order valence-corrected chi connectivity index (χ1v) is 7.18. The van der Waals surface area contributed by atoms with Gasteiger partial charge in [0.05, 0.1) is 22.9 Å². The molecule has 11 heteroatoms. The lowest BCUT2D eigenvalue weighted by atomic mass is 10.2. The van der Waals surface area contributed by atoms with Crippen LogP contribution in [0.15, 0.2) is 41.5 Å². The maximum Gasteiger partial charge on any atom is 0.471 e. The Bertz CT molecular complexity index is 1090. The number of H-pyrrole nitrogens is 1. The topological polar surface area (TPSA) is 84.1 Å². The van der Waals surface area contributed by atoms with Gasteiger partial charge >= 0.3 is 12.1 Å². The van der Waals surface area contributed by atoms with E-state index in [0.29, 0.717) is 17.6 Å². The number of nitrogens with zero attached hydrogens (tertiary/aromatic N) is 1. The van der Waals surface area contributed by atoms with E-state index in [9.17, 15) is 31.5 Å². The summed E-state index contributed by atoms with van der Waals surface area (Å²) in [5, 5.41) is 1.36. The third kappa shape index (κ3) is 3.71. The second-order valence-electron chi connectivity index (χ2n) is 5.20. The zero-order valence-electron chi connectivity index (χ0n) is 13.0. The number of halogens is 5. The van der Waals surface area contributed by atoms with Gasteiger partial charge < -0.3 is 15.0 Å². The number of benzene rings is 2. The molecule has 27 heavy (non-hydrogen) atoms. The number of carbonyl (C=O) groups excluding carboxylic acids is 1. The lowest BCUT2D eigenvalue weighted by Crippen LogP contribution is -2.30. The van der Waals surface area contributed by atoms with Crippen LogP contribution in [0.2, 0.25) is 0 Å². The van der Waals surface area contributed by atoms with Gasteiger partial charge in [0.25, 0.3) is 5.56 Å². The van der Waals surface area contributed by atoms with Gasteiger partial charge in [-0.1, -0.05) is 0 Å². The molecule has 0 fully saturated rings. The van der Waals surface area contributed by atoms with E-state index < -0.39 is 40.7 Å². The number of hydrogen-bond acceptors (Lipinski definition) is 4. The molecule has 1 heterocycles. The number of nitrogens with one attached hydrogen (secondary N) is 2. The normalized spacial score (nSPS) is 11.4. The smallest absolute Gasteiger partial charge is 0.451 e. The molecule has 3 rings (SSSR count). The zero-order chi connectivity index (χ0) is 19.8. The van der Waals surface area contributed by atoms with E-state index in [1.54, 1.807) is 0 Å². The monoisotopic (exact) mass is 385 g/mol. The third-order valence-corrected chi connectivity index (χ3v) is 3.39. The molecular formula is C16H8F5N3O3. The molecule has 0 radical (unpaired) electrons. The molecule has 140 valence electrons. The fraction of sp³-hybridized carbons (Fsp3) is 0.0625. The molecule has 0 unspecified atom stereocenters. The van der Waals surface area contributed by atoms with Crippen molar-refractivity contribution in [1.82, 2.24) is 9.97 Å². The summed E-state index contributed by atoms with van der Waals surface area (Å²) in [7, 11) is 0. The van der Waals surface area contributed by atoms with Crippen LogP contribution in [0.4, 0.5) is 27.6 Å². The number of aromatic amines is 1. The minimum absolute atomic E-state index is 0.0670. The molecule has 3 aromatic rings. The molecule has 0 aliphatic heterocycles. The summed E-state index contributed by atoms with van der Waals surface area (Å²) in [5.41, 5.74) is -1.16. The quantitative estimate of drug-likeness (QED) is 0.676. The van der Waals surface area contributed by atoms with Crippen molar-refractivity contribution >= 4 is 22.5 Å². The summed E-state index contributed by atoms with van der Waals surface area (Å²) < 4.78 is 70.2. The highest BCUT2D eigenvalue weighted by Crippen LogP contribution is 2.33. The predicted octanol–water partition coefficient (Wildman–Crippen LogP) is 3.49. The van der Waals surface area contributed by atoms with E-state index in [4.69, 9.17) is 4.74 Å². The van der Waals surface area contributed by atoms with Crippen LogP contribution in [0.1, 0.15) is 0 Å². The molecule has 0 spiro atoms. The van der Waals surface area contributed by atoms with Gasteiger partial charge in [0, 0.05) is 0 Å². The Morgan fingerprint density at radius 2 is 1.89 bits per heavy atom. The Morgan fingerprint density at radius 3 is 2.59 bits per heavy atom. The van der Waals surface area contributed by atoms with Crippen LogP contribution in [0.5, 0.6) is 11.5 Å². The summed E-state index contributed by atoms with van der Waals surface area (Å²) in [6.45, 7) is 0. The van der Waals surface area contributed by atoms with Gasteiger partial charge in [0.1, 0.15) is 5.75 Å². The summed E-state index contributed by atoms with van der Waals surface area (Å²) in [6, 6.07) is 5.01. The number of alkyl halides is 3. The predicted molar refractivity (Wildman–Crippen MR) is 83.5 cm³/mol. The fourth-order valence-electron chi connectivity index (χ4n) is 2.14. The van der Waals surface area contributed by atoms with E-state index in [2.05, 4.69) is 9.97 Å². The summed E-state index contributed by atoms with van der Waals surface area (Å²) in [6.07, 6.45) is -4.09. The number of carbonyl (C=O) groups is 1. The third-order valence-electron chi connectivity index (χ3n) is 3.39. The molecule has 0 bridgehead atoms. The standard InChI is InChI=1S/C16H8F5N3O3/c17-9-2-4-11(24-15(26)16(19,20)21)12(18)13(9)27-7-1-3-10-8(5-7)14(25)23-6-22-10/h1-6H,(H,24,26)(H,22,23,25). The van der Waals surface area contributed by atoms with E-state index in [1.807, 2.05) is 0 Å². The largest absolute Gasteiger partial charge is 0.471 e. The van der Waals surface area contributed by atoms with Crippen LogP contribution in [0.25, 0.3) is 10.9 Å². The van der Waals surface area contributed by atoms with E-state index in [1.165, 1.54) is 17.4 Å². The van der Waals surface area contributed by atoms with Crippen LogP contribution < -0.4 is 15.6 Å². The van der Waals surface area contributed by atoms with Gasteiger partial charge in [-0.15, -0.1) is 0 Å². The average molecular weight is 385 g/mol. The van der Waals surface area contributed by atoms with Crippen molar-refractivity contribution in [2.45, 2.75) is 6.18 Å². The number of rotatable bonds is 3. The minimum Gasteiger partial charge on any atom is -0.451 e. The van der Waals surface area contributed by atoms with Gasteiger partial charge in [-0.25, -0.2) is 13.8 Å². The van der Waals surface area contributed by atoms with Crippen LogP contribution in [-0.4, -0.2) is 22.1 Å². The average Bonchev–Trinajstić information content (AvgIpc) is 2.61. The van der Waals surface area contributed by atoms with E-state index in [-0.39, 0.29) is 11.1 Å². The zero-order valence-corrected chi connectivity index (χ0v) is 13.0. The Kier molecular flexibility index (Phi) is 4.52. The number of aromatic nitrogens is 2. The molecule has 1 aromatic heterocycles. The number of fused-ring (bicyclic) bond motifs is 1. The molecule has 0 aliphatic carbocycles. The lowest BCUT2D eigenvalue weighted by molar-refractivity contribution is -0.167. The first-order chi connectivity index (χ1) is 12.7. The second-order valence-corrected chi connectivity index (χ2v) is 5.20. The summed E-state index contributed by atoms with van der Waals surface area (Å²) >= 11 is 0. The van der Waals surface area contributed by atoms with Crippen molar-refractivity contribution in [1.29, 1.82) is 0 Å². The Labute approximate surface area is 146 Å². The molecule has 0 saturated heterocycles. The Balaban J connectivity index is 1.97.